The molecule has 206 valence electrons. The maximum absolute atomic E-state index is 14.0. The third kappa shape index (κ3) is 7.26. The molecule has 0 spiro atoms. The highest BCUT2D eigenvalue weighted by Gasteiger charge is 2.33. The van der Waals surface area contributed by atoms with Crippen molar-refractivity contribution in [2.45, 2.75) is 69.5 Å². The van der Waals surface area contributed by atoms with Gasteiger partial charge in [-0.3, -0.25) is 13.9 Å². The molecule has 1 aliphatic carbocycles. The van der Waals surface area contributed by atoms with E-state index in [1.807, 2.05) is 49.4 Å². The van der Waals surface area contributed by atoms with E-state index >= 15 is 0 Å². The van der Waals surface area contributed by atoms with Crippen LogP contribution >= 0.6 is 0 Å². The van der Waals surface area contributed by atoms with Crippen molar-refractivity contribution in [2.24, 2.45) is 0 Å². The van der Waals surface area contributed by atoms with Crippen LogP contribution in [0.2, 0.25) is 0 Å². The van der Waals surface area contributed by atoms with Gasteiger partial charge < -0.3 is 10.2 Å². The maximum Gasteiger partial charge on any atom is 0.264 e. The zero-order valence-electron chi connectivity index (χ0n) is 22.6. The Balaban J connectivity index is 1.64. The van der Waals surface area contributed by atoms with Crippen molar-refractivity contribution in [2.75, 3.05) is 10.8 Å². The van der Waals surface area contributed by atoms with Crippen LogP contribution in [0, 0.1) is 6.92 Å². The molecule has 1 saturated carbocycles. The zero-order valence-corrected chi connectivity index (χ0v) is 23.4. The van der Waals surface area contributed by atoms with Crippen molar-refractivity contribution >= 4 is 27.5 Å². The molecule has 1 N–H and O–H groups in total. The smallest absolute Gasteiger partial charge is 0.264 e. The molecule has 1 aliphatic rings. The van der Waals surface area contributed by atoms with Crippen LogP contribution in [0.25, 0.3) is 0 Å². The zero-order chi connectivity index (χ0) is 27.8. The van der Waals surface area contributed by atoms with E-state index in [1.54, 1.807) is 37.3 Å². The van der Waals surface area contributed by atoms with Gasteiger partial charge in [-0.2, -0.15) is 0 Å². The van der Waals surface area contributed by atoms with E-state index in [-0.39, 0.29) is 23.4 Å². The van der Waals surface area contributed by atoms with Gasteiger partial charge in [-0.25, -0.2) is 8.42 Å². The first-order valence-electron chi connectivity index (χ1n) is 13.5. The van der Waals surface area contributed by atoms with Crippen molar-refractivity contribution in [1.29, 1.82) is 0 Å². The number of benzene rings is 3. The molecule has 1 fully saturated rings. The minimum atomic E-state index is -4.05. The second kappa shape index (κ2) is 12.9. The Labute approximate surface area is 231 Å². The summed E-state index contributed by atoms with van der Waals surface area (Å²) in [5.74, 6) is -0.677. The monoisotopic (exact) mass is 547 g/mol. The molecule has 1 atom stereocenters. The highest BCUT2D eigenvalue weighted by molar-refractivity contribution is 7.92. The summed E-state index contributed by atoms with van der Waals surface area (Å²) in [5, 5.41) is 3.12. The van der Waals surface area contributed by atoms with Gasteiger partial charge in [0.1, 0.15) is 12.6 Å². The number of sulfonamides is 1. The van der Waals surface area contributed by atoms with Gasteiger partial charge in [-0.15, -0.1) is 0 Å². The van der Waals surface area contributed by atoms with E-state index in [2.05, 4.69) is 5.32 Å². The second-order valence-corrected chi connectivity index (χ2v) is 12.0. The van der Waals surface area contributed by atoms with Crippen LogP contribution in [0.3, 0.4) is 0 Å². The van der Waals surface area contributed by atoms with Gasteiger partial charge in [0, 0.05) is 12.6 Å². The third-order valence-corrected chi connectivity index (χ3v) is 9.03. The molecule has 7 nitrogen and oxygen atoms in total. The van der Waals surface area contributed by atoms with E-state index in [1.165, 1.54) is 23.5 Å². The maximum atomic E-state index is 14.0. The Hall–Kier alpha value is -3.65. The van der Waals surface area contributed by atoms with Crippen LogP contribution in [0.15, 0.2) is 89.8 Å². The number of carbonyl (C=O) groups is 2. The van der Waals surface area contributed by atoms with Crippen molar-refractivity contribution in [1.82, 2.24) is 10.2 Å². The second-order valence-electron chi connectivity index (χ2n) is 10.2. The summed E-state index contributed by atoms with van der Waals surface area (Å²) in [6.07, 6.45) is 5.19. The van der Waals surface area contributed by atoms with Gasteiger partial charge in [0.15, 0.2) is 0 Å². The van der Waals surface area contributed by atoms with Crippen LogP contribution in [0.1, 0.15) is 50.2 Å². The number of hydrogen-bond acceptors (Lipinski definition) is 4. The lowest BCUT2D eigenvalue weighted by Gasteiger charge is -2.33. The molecule has 8 heteroatoms. The molecule has 0 unspecified atom stereocenters. The Morgan fingerprint density at radius 3 is 2.08 bits per heavy atom. The highest BCUT2D eigenvalue weighted by Crippen LogP contribution is 2.25. The van der Waals surface area contributed by atoms with E-state index < -0.39 is 28.5 Å². The number of aryl methyl sites for hydroxylation is 1. The van der Waals surface area contributed by atoms with Crippen molar-refractivity contribution in [3.8, 4) is 0 Å². The van der Waals surface area contributed by atoms with Gasteiger partial charge in [0.25, 0.3) is 10.0 Å². The molecular formula is C31H37N3O4S. The Kier molecular flexibility index (Phi) is 9.41. The fourth-order valence-electron chi connectivity index (χ4n) is 4.89. The minimum Gasteiger partial charge on any atom is -0.352 e. The normalized spacial score (nSPS) is 14.8. The average Bonchev–Trinajstić information content (AvgIpc) is 2.96. The predicted molar refractivity (Wildman–Crippen MR) is 154 cm³/mol. The summed E-state index contributed by atoms with van der Waals surface area (Å²) in [6, 6.07) is 23.9. The number of nitrogens with zero attached hydrogens (tertiary/aromatic N) is 2. The summed E-state index contributed by atoms with van der Waals surface area (Å²) in [5.41, 5.74) is 2.22. The van der Waals surface area contributed by atoms with Crippen molar-refractivity contribution in [3.63, 3.8) is 0 Å². The standard InChI is InChI=1S/C31H37N3O4S/c1-24-18-20-28(21-19-24)34(39(37,38)29-16-10-5-11-17-29)23-30(35)33(22-26-12-6-3-7-13-26)25(2)31(36)32-27-14-8-4-9-15-27/h3,5-7,10-13,16-21,25,27H,4,8-9,14-15,22-23H2,1-2H3,(H,32,36)/t25-/m1/s1. The van der Waals surface area contributed by atoms with Gasteiger partial charge in [-0.1, -0.05) is 85.5 Å². The molecular weight excluding hydrogens is 510 g/mol. The molecule has 4 rings (SSSR count). The predicted octanol–water partition coefficient (Wildman–Crippen LogP) is 5.06. The van der Waals surface area contributed by atoms with E-state index in [0.717, 1.165) is 41.1 Å². The molecule has 3 aromatic rings. The molecule has 0 aliphatic heterocycles. The quantitative estimate of drug-likeness (QED) is 0.385. The van der Waals surface area contributed by atoms with Crippen molar-refractivity contribution in [3.05, 3.63) is 96.1 Å². The number of amides is 2. The van der Waals surface area contributed by atoms with E-state index in [9.17, 15) is 18.0 Å². The summed E-state index contributed by atoms with van der Waals surface area (Å²) in [4.78, 5) is 28.9. The Morgan fingerprint density at radius 1 is 0.872 bits per heavy atom. The average molecular weight is 548 g/mol. The first-order chi connectivity index (χ1) is 18.8. The van der Waals surface area contributed by atoms with Gasteiger partial charge >= 0.3 is 0 Å². The van der Waals surface area contributed by atoms with Crippen LogP contribution in [-0.2, 0) is 26.2 Å². The van der Waals surface area contributed by atoms with Gasteiger partial charge in [0.2, 0.25) is 11.8 Å². The van der Waals surface area contributed by atoms with Crippen LogP contribution in [0.4, 0.5) is 5.69 Å². The van der Waals surface area contributed by atoms with E-state index in [4.69, 9.17) is 0 Å². The SMILES string of the molecule is Cc1ccc(N(CC(=O)N(Cc2ccccc2)[C@H](C)C(=O)NC2CCCCC2)S(=O)(=O)c2ccccc2)cc1. The third-order valence-electron chi connectivity index (χ3n) is 7.25. The summed E-state index contributed by atoms with van der Waals surface area (Å²) in [7, 11) is -4.05. The molecule has 0 saturated heterocycles. The number of hydrogen-bond donors (Lipinski definition) is 1. The number of carbonyl (C=O) groups excluding carboxylic acids is 2. The lowest BCUT2D eigenvalue weighted by atomic mass is 9.95. The molecule has 0 aromatic heterocycles. The molecule has 0 radical (unpaired) electrons. The summed E-state index contributed by atoms with van der Waals surface area (Å²) in [6.45, 7) is 3.38. The first kappa shape index (κ1) is 28.4. The first-order valence-corrected chi connectivity index (χ1v) is 15.0. The van der Waals surface area contributed by atoms with E-state index in [0.29, 0.717) is 5.69 Å². The number of rotatable bonds is 10. The Morgan fingerprint density at radius 2 is 1.46 bits per heavy atom. The molecule has 2 amide bonds. The van der Waals surface area contributed by atoms with Crippen LogP contribution < -0.4 is 9.62 Å². The number of nitrogens with one attached hydrogen (secondary N) is 1. The molecule has 0 heterocycles. The fraction of sp³-hybridized carbons (Fsp3) is 0.355. The molecule has 3 aromatic carbocycles. The lowest BCUT2D eigenvalue weighted by Crippen LogP contribution is -2.53. The summed E-state index contributed by atoms with van der Waals surface area (Å²) < 4.78 is 28.7. The molecule has 39 heavy (non-hydrogen) atoms. The van der Waals surface area contributed by atoms with Crippen LogP contribution in [0.5, 0.6) is 0 Å². The Bertz CT molecular complexity index is 1340. The fourth-order valence-corrected chi connectivity index (χ4v) is 6.33. The van der Waals surface area contributed by atoms with Gasteiger partial charge in [0.05, 0.1) is 10.6 Å². The minimum absolute atomic E-state index is 0.0936. The summed E-state index contributed by atoms with van der Waals surface area (Å²) >= 11 is 0. The largest absolute Gasteiger partial charge is 0.352 e. The topological polar surface area (TPSA) is 86.8 Å². The lowest BCUT2D eigenvalue weighted by molar-refractivity contribution is -0.139. The van der Waals surface area contributed by atoms with Crippen molar-refractivity contribution < 1.29 is 18.0 Å². The van der Waals surface area contributed by atoms with Gasteiger partial charge in [-0.05, 0) is 56.5 Å². The highest BCUT2D eigenvalue weighted by atomic mass is 32.2. The molecule has 0 bridgehead atoms. The van der Waals surface area contributed by atoms with Crippen LogP contribution in [-0.4, -0.2) is 43.8 Å². The number of anilines is 1.